The molecule has 4 nitrogen and oxygen atoms in total. The van der Waals surface area contributed by atoms with Crippen LogP contribution in [0.4, 0.5) is 17.3 Å². The van der Waals surface area contributed by atoms with Crippen molar-refractivity contribution >= 4 is 17.3 Å². The Bertz CT molecular complexity index is 551. The standard InChI is InChI=1S/C15H20N4/c1-5-19(13-9-7-6-8-12(13)2)15-10-14(18(3)4)16-11-17-15/h6-11H,5H2,1-4H3. The lowest BCUT2D eigenvalue weighted by Gasteiger charge is -2.24. The zero-order valence-electron chi connectivity index (χ0n) is 12.0. The van der Waals surface area contributed by atoms with Crippen LogP contribution in [0.2, 0.25) is 0 Å². The highest BCUT2D eigenvalue weighted by Gasteiger charge is 2.12. The van der Waals surface area contributed by atoms with Crippen LogP contribution in [0.25, 0.3) is 0 Å². The third kappa shape index (κ3) is 2.84. The fourth-order valence-corrected chi connectivity index (χ4v) is 2.05. The Kier molecular flexibility index (Phi) is 4.00. The molecule has 4 heteroatoms. The van der Waals surface area contributed by atoms with Crippen LogP contribution in [-0.2, 0) is 0 Å². The van der Waals surface area contributed by atoms with Crippen molar-refractivity contribution < 1.29 is 0 Å². The molecule has 0 bridgehead atoms. The van der Waals surface area contributed by atoms with E-state index in [4.69, 9.17) is 0 Å². The zero-order chi connectivity index (χ0) is 13.8. The maximum atomic E-state index is 4.40. The number of aromatic nitrogens is 2. The first-order valence-electron chi connectivity index (χ1n) is 6.46. The lowest BCUT2D eigenvalue weighted by Crippen LogP contribution is -2.19. The summed E-state index contributed by atoms with van der Waals surface area (Å²) in [7, 11) is 3.96. The number of hydrogen-bond acceptors (Lipinski definition) is 4. The van der Waals surface area contributed by atoms with Crippen molar-refractivity contribution in [3.8, 4) is 0 Å². The van der Waals surface area contributed by atoms with Gasteiger partial charge in [0, 0.05) is 32.4 Å². The quantitative estimate of drug-likeness (QED) is 0.841. The predicted octanol–water partition coefficient (Wildman–Crippen LogP) is 3.01. The van der Waals surface area contributed by atoms with Gasteiger partial charge in [0.2, 0.25) is 0 Å². The smallest absolute Gasteiger partial charge is 0.138 e. The number of hydrogen-bond donors (Lipinski definition) is 0. The molecule has 100 valence electrons. The van der Waals surface area contributed by atoms with E-state index in [-0.39, 0.29) is 0 Å². The van der Waals surface area contributed by atoms with E-state index in [1.807, 2.05) is 25.1 Å². The molecule has 0 saturated heterocycles. The highest BCUT2D eigenvalue weighted by atomic mass is 15.2. The lowest BCUT2D eigenvalue weighted by atomic mass is 10.2. The summed E-state index contributed by atoms with van der Waals surface area (Å²) in [5.41, 5.74) is 2.43. The molecule has 0 spiro atoms. The van der Waals surface area contributed by atoms with E-state index < -0.39 is 0 Å². The SMILES string of the molecule is CCN(c1cc(N(C)C)ncn1)c1ccccc1C. The van der Waals surface area contributed by atoms with E-state index in [1.54, 1.807) is 6.33 Å². The van der Waals surface area contributed by atoms with Crippen molar-refractivity contribution in [3.05, 3.63) is 42.2 Å². The van der Waals surface area contributed by atoms with Crippen LogP contribution in [0.3, 0.4) is 0 Å². The molecule has 0 fully saturated rings. The van der Waals surface area contributed by atoms with Crippen LogP contribution in [0.1, 0.15) is 12.5 Å². The van der Waals surface area contributed by atoms with Gasteiger partial charge in [0.25, 0.3) is 0 Å². The second-order valence-electron chi connectivity index (χ2n) is 4.66. The topological polar surface area (TPSA) is 32.3 Å². The summed E-state index contributed by atoms with van der Waals surface area (Å²) in [6.45, 7) is 5.12. The molecule has 0 atom stereocenters. The largest absolute Gasteiger partial charge is 0.363 e. The van der Waals surface area contributed by atoms with Crippen molar-refractivity contribution in [2.45, 2.75) is 13.8 Å². The fourth-order valence-electron chi connectivity index (χ4n) is 2.05. The number of para-hydroxylation sites is 1. The number of aryl methyl sites for hydroxylation is 1. The molecule has 0 aliphatic heterocycles. The van der Waals surface area contributed by atoms with Gasteiger partial charge < -0.3 is 9.80 Å². The zero-order valence-corrected chi connectivity index (χ0v) is 12.0. The van der Waals surface area contributed by atoms with Crippen LogP contribution in [0.5, 0.6) is 0 Å². The van der Waals surface area contributed by atoms with Crippen molar-refractivity contribution in [1.29, 1.82) is 0 Å². The summed E-state index contributed by atoms with van der Waals surface area (Å²) in [6, 6.07) is 10.4. The number of benzene rings is 1. The van der Waals surface area contributed by atoms with Crippen LogP contribution < -0.4 is 9.80 Å². The molecule has 0 aliphatic rings. The van der Waals surface area contributed by atoms with Gasteiger partial charge in [-0.05, 0) is 25.5 Å². The molecule has 0 aliphatic carbocycles. The van der Waals surface area contributed by atoms with Gasteiger partial charge >= 0.3 is 0 Å². The average Bonchev–Trinajstić information content (AvgIpc) is 2.42. The molecule has 2 rings (SSSR count). The van der Waals surface area contributed by atoms with Crippen molar-refractivity contribution in [3.63, 3.8) is 0 Å². The molecule has 1 aromatic heterocycles. The Morgan fingerprint density at radius 3 is 2.37 bits per heavy atom. The van der Waals surface area contributed by atoms with Crippen molar-refractivity contribution in [1.82, 2.24) is 9.97 Å². The minimum Gasteiger partial charge on any atom is -0.363 e. The molecule has 2 aromatic rings. The first kappa shape index (κ1) is 13.3. The Morgan fingerprint density at radius 2 is 1.74 bits per heavy atom. The van der Waals surface area contributed by atoms with E-state index in [0.29, 0.717) is 0 Å². The van der Waals surface area contributed by atoms with E-state index in [9.17, 15) is 0 Å². The second-order valence-corrected chi connectivity index (χ2v) is 4.66. The molecule has 0 saturated carbocycles. The van der Waals surface area contributed by atoms with Crippen LogP contribution >= 0.6 is 0 Å². The van der Waals surface area contributed by atoms with Gasteiger partial charge in [-0.25, -0.2) is 9.97 Å². The highest BCUT2D eigenvalue weighted by molar-refractivity contribution is 5.65. The van der Waals surface area contributed by atoms with Crippen LogP contribution in [0.15, 0.2) is 36.7 Å². The summed E-state index contributed by atoms with van der Waals surface area (Å²) in [6.07, 6.45) is 1.62. The van der Waals surface area contributed by atoms with Crippen molar-refractivity contribution in [2.24, 2.45) is 0 Å². The summed E-state index contributed by atoms with van der Waals surface area (Å²) in [5, 5.41) is 0. The minimum absolute atomic E-state index is 0.870. The Balaban J connectivity index is 2.43. The molecule has 0 radical (unpaired) electrons. The Labute approximate surface area is 114 Å². The van der Waals surface area contributed by atoms with E-state index in [2.05, 4.69) is 53.0 Å². The monoisotopic (exact) mass is 256 g/mol. The van der Waals surface area contributed by atoms with Gasteiger partial charge in [-0.2, -0.15) is 0 Å². The third-order valence-corrected chi connectivity index (χ3v) is 3.10. The maximum absolute atomic E-state index is 4.40. The van der Waals surface area contributed by atoms with Gasteiger partial charge in [0.05, 0.1) is 0 Å². The Hall–Kier alpha value is -2.10. The van der Waals surface area contributed by atoms with Gasteiger partial charge in [-0.1, -0.05) is 18.2 Å². The lowest BCUT2D eigenvalue weighted by molar-refractivity contribution is 0.957. The van der Waals surface area contributed by atoms with Crippen LogP contribution in [0, 0.1) is 6.92 Å². The second kappa shape index (κ2) is 5.69. The minimum atomic E-state index is 0.870. The average molecular weight is 256 g/mol. The van der Waals surface area contributed by atoms with Crippen molar-refractivity contribution in [2.75, 3.05) is 30.4 Å². The number of nitrogens with zero attached hydrogens (tertiary/aromatic N) is 4. The third-order valence-electron chi connectivity index (χ3n) is 3.10. The first-order valence-corrected chi connectivity index (χ1v) is 6.46. The van der Waals surface area contributed by atoms with Gasteiger partial charge in [0.1, 0.15) is 18.0 Å². The number of rotatable bonds is 4. The highest BCUT2D eigenvalue weighted by Crippen LogP contribution is 2.27. The fraction of sp³-hybridized carbons (Fsp3) is 0.333. The molecule has 19 heavy (non-hydrogen) atoms. The molecule has 1 heterocycles. The van der Waals surface area contributed by atoms with Gasteiger partial charge in [-0.15, -0.1) is 0 Å². The molecular weight excluding hydrogens is 236 g/mol. The summed E-state index contributed by atoms with van der Waals surface area (Å²) in [5.74, 6) is 1.84. The normalized spacial score (nSPS) is 10.3. The van der Waals surface area contributed by atoms with Gasteiger partial charge in [0.15, 0.2) is 0 Å². The van der Waals surface area contributed by atoms with Gasteiger partial charge in [-0.3, -0.25) is 0 Å². The molecule has 0 N–H and O–H groups in total. The first-order chi connectivity index (χ1) is 9.13. The summed E-state index contributed by atoms with van der Waals surface area (Å²) >= 11 is 0. The van der Waals surface area contributed by atoms with E-state index >= 15 is 0 Å². The van der Waals surface area contributed by atoms with E-state index in [0.717, 1.165) is 18.2 Å². The molecule has 0 amide bonds. The van der Waals surface area contributed by atoms with Crippen LogP contribution in [-0.4, -0.2) is 30.6 Å². The molecule has 1 aromatic carbocycles. The summed E-state index contributed by atoms with van der Waals surface area (Å²) < 4.78 is 0. The Morgan fingerprint density at radius 1 is 1.05 bits per heavy atom. The van der Waals surface area contributed by atoms with E-state index in [1.165, 1.54) is 11.3 Å². The molecule has 0 unspecified atom stereocenters. The number of anilines is 3. The molecular formula is C15H20N4. The maximum Gasteiger partial charge on any atom is 0.138 e. The summed E-state index contributed by atoms with van der Waals surface area (Å²) in [4.78, 5) is 12.8. The predicted molar refractivity (Wildman–Crippen MR) is 80.2 cm³/mol.